The van der Waals surface area contributed by atoms with Crippen LogP contribution in [-0.2, 0) is 0 Å². The summed E-state index contributed by atoms with van der Waals surface area (Å²) in [5, 5.41) is 6.88. The molecule has 1 saturated heterocycles. The maximum absolute atomic E-state index is 12.6. The summed E-state index contributed by atoms with van der Waals surface area (Å²) < 4.78 is 5.67. The van der Waals surface area contributed by atoms with Crippen LogP contribution in [0.2, 0.25) is 0 Å². The average Bonchev–Trinajstić information content (AvgIpc) is 3.29. The van der Waals surface area contributed by atoms with Gasteiger partial charge in [0, 0.05) is 42.1 Å². The molecule has 0 aromatic heterocycles. The highest BCUT2D eigenvalue weighted by molar-refractivity contribution is 6.04. The zero-order valence-electron chi connectivity index (χ0n) is 19.3. The van der Waals surface area contributed by atoms with E-state index in [4.69, 9.17) is 4.74 Å². The molecule has 2 aromatic rings. The molecule has 1 unspecified atom stereocenters. The zero-order chi connectivity index (χ0) is 22.2. The number of benzene rings is 2. The van der Waals surface area contributed by atoms with Crippen molar-refractivity contribution in [2.24, 2.45) is 0 Å². The molecule has 5 nitrogen and oxygen atoms in total. The lowest BCUT2D eigenvalue weighted by Gasteiger charge is -2.27. The largest absolute Gasteiger partial charge is 0.494 e. The topological polar surface area (TPSA) is 53.6 Å². The summed E-state index contributed by atoms with van der Waals surface area (Å²) in [6.45, 7) is 5.00. The fourth-order valence-electron chi connectivity index (χ4n) is 4.73. The summed E-state index contributed by atoms with van der Waals surface area (Å²) >= 11 is 0. The molecular weight excluding hydrogens is 398 g/mol. The summed E-state index contributed by atoms with van der Waals surface area (Å²) in [7, 11) is 0. The van der Waals surface area contributed by atoms with Crippen LogP contribution in [-0.4, -0.2) is 37.7 Å². The van der Waals surface area contributed by atoms with Crippen LogP contribution >= 0.6 is 0 Å². The van der Waals surface area contributed by atoms with Crippen LogP contribution in [0.25, 0.3) is 0 Å². The first-order valence-corrected chi connectivity index (χ1v) is 12.4. The Labute approximate surface area is 192 Å². The predicted molar refractivity (Wildman–Crippen MR) is 132 cm³/mol. The Bertz CT molecular complexity index is 844. The van der Waals surface area contributed by atoms with Crippen LogP contribution in [0.4, 0.5) is 11.4 Å². The van der Waals surface area contributed by atoms with E-state index >= 15 is 0 Å². The maximum Gasteiger partial charge on any atom is 0.255 e. The maximum atomic E-state index is 12.6. The first-order valence-electron chi connectivity index (χ1n) is 12.4. The molecule has 5 heteroatoms. The van der Waals surface area contributed by atoms with Gasteiger partial charge in [-0.2, -0.15) is 0 Å². The van der Waals surface area contributed by atoms with Crippen molar-refractivity contribution in [2.45, 2.75) is 70.4 Å². The molecule has 1 atom stereocenters. The molecular formula is C27H37N3O2. The monoisotopic (exact) mass is 435 g/mol. The highest BCUT2D eigenvalue weighted by Gasteiger charge is 2.25. The summed E-state index contributed by atoms with van der Waals surface area (Å²) in [5.74, 6) is 0.706. The van der Waals surface area contributed by atoms with E-state index in [9.17, 15) is 4.79 Å². The van der Waals surface area contributed by atoms with Gasteiger partial charge in [0.2, 0.25) is 0 Å². The fraction of sp³-hybridized carbons (Fsp3) is 0.519. The third-order valence-corrected chi connectivity index (χ3v) is 6.64. The minimum absolute atomic E-state index is 0.101. The van der Waals surface area contributed by atoms with Crippen molar-refractivity contribution in [3.63, 3.8) is 0 Å². The third kappa shape index (κ3) is 6.26. The van der Waals surface area contributed by atoms with E-state index in [0.717, 1.165) is 37.4 Å². The smallest absolute Gasteiger partial charge is 0.255 e. The number of amides is 1. The molecule has 0 spiro atoms. The van der Waals surface area contributed by atoms with Crippen LogP contribution in [0.15, 0.2) is 48.5 Å². The fourth-order valence-corrected chi connectivity index (χ4v) is 4.73. The standard InChI is InChI=1S/C27H37N3O2/c1-2-3-19-32-26-15-9-21(10-16-26)27(31)29-23-11-13-25(14-12-23)30-18-17-24(20-30)28-22-7-5-4-6-8-22/h9-16,22,24,28H,2-8,17-20H2,1H3,(H,29,31). The first kappa shape index (κ1) is 22.7. The number of anilines is 2. The van der Waals surface area contributed by atoms with Crippen molar-refractivity contribution >= 4 is 17.3 Å². The average molecular weight is 436 g/mol. The van der Waals surface area contributed by atoms with Crippen LogP contribution in [0.5, 0.6) is 5.75 Å². The summed E-state index contributed by atoms with van der Waals surface area (Å²) in [5.41, 5.74) is 2.68. The van der Waals surface area contributed by atoms with E-state index in [2.05, 4.69) is 34.6 Å². The lowest BCUT2D eigenvalue weighted by Crippen LogP contribution is -2.41. The SMILES string of the molecule is CCCCOc1ccc(C(=O)Nc2ccc(N3CCC(NC4CCCCC4)C3)cc2)cc1. The molecule has 32 heavy (non-hydrogen) atoms. The minimum atomic E-state index is -0.101. The van der Waals surface area contributed by atoms with Gasteiger partial charge in [0.15, 0.2) is 0 Å². The molecule has 0 bridgehead atoms. The number of nitrogens with zero attached hydrogens (tertiary/aromatic N) is 1. The molecule has 2 aromatic carbocycles. The summed E-state index contributed by atoms with van der Waals surface area (Å²) in [6.07, 6.45) is 10.2. The molecule has 0 radical (unpaired) electrons. The number of hydrogen-bond donors (Lipinski definition) is 2. The van der Waals surface area contributed by atoms with Gasteiger partial charge < -0.3 is 20.3 Å². The van der Waals surface area contributed by atoms with Crippen LogP contribution < -0.4 is 20.3 Å². The van der Waals surface area contributed by atoms with Gasteiger partial charge >= 0.3 is 0 Å². The van der Waals surface area contributed by atoms with E-state index in [1.165, 1.54) is 44.2 Å². The molecule has 2 aliphatic rings. The van der Waals surface area contributed by atoms with Crippen molar-refractivity contribution < 1.29 is 9.53 Å². The Kier molecular flexibility index (Phi) is 8.05. The van der Waals surface area contributed by atoms with Gasteiger partial charge in [-0.15, -0.1) is 0 Å². The number of rotatable bonds is 9. The van der Waals surface area contributed by atoms with Gasteiger partial charge in [0.1, 0.15) is 5.75 Å². The number of carbonyl (C=O) groups excluding carboxylic acids is 1. The second-order valence-corrected chi connectivity index (χ2v) is 9.16. The lowest BCUT2D eigenvalue weighted by molar-refractivity contribution is 0.102. The predicted octanol–water partition coefficient (Wildman–Crippen LogP) is 5.62. The van der Waals surface area contributed by atoms with Gasteiger partial charge in [-0.25, -0.2) is 0 Å². The van der Waals surface area contributed by atoms with Gasteiger partial charge in [0.05, 0.1) is 6.61 Å². The Morgan fingerprint density at radius 3 is 2.44 bits per heavy atom. The summed E-state index contributed by atoms with van der Waals surface area (Å²) in [6, 6.07) is 16.9. The van der Waals surface area contributed by atoms with E-state index in [-0.39, 0.29) is 5.91 Å². The van der Waals surface area contributed by atoms with Crippen molar-refractivity contribution in [1.29, 1.82) is 0 Å². The van der Waals surface area contributed by atoms with E-state index in [0.29, 0.717) is 24.3 Å². The molecule has 1 aliphatic heterocycles. The van der Waals surface area contributed by atoms with Gasteiger partial charge in [0.25, 0.3) is 5.91 Å². The van der Waals surface area contributed by atoms with Crippen molar-refractivity contribution in [1.82, 2.24) is 5.32 Å². The second-order valence-electron chi connectivity index (χ2n) is 9.16. The summed E-state index contributed by atoms with van der Waals surface area (Å²) in [4.78, 5) is 15.0. The number of hydrogen-bond acceptors (Lipinski definition) is 4. The van der Waals surface area contributed by atoms with Crippen molar-refractivity contribution in [2.75, 3.05) is 29.9 Å². The Morgan fingerprint density at radius 2 is 1.72 bits per heavy atom. The Balaban J connectivity index is 1.26. The normalized spacial score (nSPS) is 19.2. The number of unbranched alkanes of at least 4 members (excludes halogenated alkanes) is 1. The van der Waals surface area contributed by atoms with Gasteiger partial charge in [-0.05, 0) is 74.2 Å². The molecule has 4 rings (SSSR count). The number of nitrogens with one attached hydrogen (secondary N) is 2. The molecule has 1 heterocycles. The second kappa shape index (κ2) is 11.4. The quantitative estimate of drug-likeness (QED) is 0.502. The molecule has 1 saturated carbocycles. The molecule has 1 aliphatic carbocycles. The van der Waals surface area contributed by atoms with E-state index in [1.807, 2.05) is 36.4 Å². The van der Waals surface area contributed by atoms with Crippen molar-refractivity contribution in [3.05, 3.63) is 54.1 Å². The molecule has 2 fully saturated rings. The van der Waals surface area contributed by atoms with Crippen molar-refractivity contribution in [3.8, 4) is 5.75 Å². The highest BCUT2D eigenvalue weighted by Crippen LogP contribution is 2.25. The lowest BCUT2D eigenvalue weighted by atomic mass is 9.95. The number of carbonyl (C=O) groups is 1. The van der Waals surface area contributed by atoms with E-state index in [1.54, 1.807) is 0 Å². The van der Waals surface area contributed by atoms with Crippen LogP contribution in [0.3, 0.4) is 0 Å². The molecule has 2 N–H and O–H groups in total. The van der Waals surface area contributed by atoms with Gasteiger partial charge in [-0.1, -0.05) is 32.6 Å². The molecule has 1 amide bonds. The molecule has 172 valence electrons. The van der Waals surface area contributed by atoms with Crippen LogP contribution in [0.1, 0.15) is 68.6 Å². The Hall–Kier alpha value is -2.53. The highest BCUT2D eigenvalue weighted by atomic mass is 16.5. The third-order valence-electron chi connectivity index (χ3n) is 6.64. The van der Waals surface area contributed by atoms with Gasteiger partial charge in [-0.3, -0.25) is 4.79 Å². The zero-order valence-corrected chi connectivity index (χ0v) is 19.3. The minimum Gasteiger partial charge on any atom is -0.494 e. The van der Waals surface area contributed by atoms with E-state index < -0.39 is 0 Å². The Morgan fingerprint density at radius 1 is 0.969 bits per heavy atom. The first-order chi connectivity index (χ1) is 15.7. The van der Waals surface area contributed by atoms with Crippen LogP contribution in [0, 0.1) is 0 Å². The number of ether oxygens (including phenoxy) is 1.